The molecule has 126 valence electrons. The van der Waals surface area contributed by atoms with Gasteiger partial charge in [-0.05, 0) is 37.6 Å². The third-order valence-electron chi connectivity index (χ3n) is 3.78. The van der Waals surface area contributed by atoms with Crippen molar-refractivity contribution in [2.45, 2.75) is 25.8 Å². The molecule has 7 heteroatoms. The molecule has 2 rings (SSSR count). The molecule has 0 bridgehead atoms. The van der Waals surface area contributed by atoms with Gasteiger partial charge in [-0.2, -0.15) is 0 Å². The van der Waals surface area contributed by atoms with Crippen LogP contribution in [0.5, 0.6) is 0 Å². The zero-order valence-electron chi connectivity index (χ0n) is 13.1. The van der Waals surface area contributed by atoms with E-state index in [4.69, 9.17) is 23.2 Å². The number of rotatable bonds is 6. The Balaban J connectivity index is 2.02. The van der Waals surface area contributed by atoms with Crippen LogP contribution in [0.4, 0.5) is 0 Å². The maximum absolute atomic E-state index is 12.7. The summed E-state index contributed by atoms with van der Waals surface area (Å²) in [5.41, 5.74) is 0.412. The Labute approximate surface area is 146 Å². The van der Waals surface area contributed by atoms with Gasteiger partial charge in [-0.3, -0.25) is 9.59 Å². The summed E-state index contributed by atoms with van der Waals surface area (Å²) in [6.07, 6.45) is 1.48. The van der Waals surface area contributed by atoms with Crippen LogP contribution in [0, 0.1) is 0 Å². The molecule has 1 unspecified atom stereocenters. The number of halogens is 2. The fourth-order valence-electron chi connectivity index (χ4n) is 2.69. The predicted octanol–water partition coefficient (Wildman–Crippen LogP) is 2.32. The molecule has 1 aliphatic heterocycles. The van der Waals surface area contributed by atoms with Crippen molar-refractivity contribution in [3.63, 3.8) is 0 Å². The van der Waals surface area contributed by atoms with E-state index in [-0.39, 0.29) is 11.8 Å². The highest BCUT2D eigenvalue weighted by Crippen LogP contribution is 2.24. The Morgan fingerprint density at radius 3 is 2.57 bits per heavy atom. The number of hydrogen-bond acceptors (Lipinski definition) is 3. The van der Waals surface area contributed by atoms with Gasteiger partial charge in [0.1, 0.15) is 6.04 Å². The normalized spacial score (nSPS) is 17.3. The molecule has 0 radical (unpaired) electrons. The van der Waals surface area contributed by atoms with Crippen molar-refractivity contribution < 1.29 is 9.59 Å². The molecule has 2 N–H and O–H groups in total. The van der Waals surface area contributed by atoms with Gasteiger partial charge in [0.2, 0.25) is 5.91 Å². The van der Waals surface area contributed by atoms with E-state index in [2.05, 4.69) is 10.6 Å². The van der Waals surface area contributed by atoms with E-state index in [0.29, 0.717) is 41.7 Å². The lowest BCUT2D eigenvalue weighted by molar-refractivity contribution is -0.124. The van der Waals surface area contributed by atoms with Crippen molar-refractivity contribution in [3.05, 3.63) is 33.8 Å². The van der Waals surface area contributed by atoms with E-state index in [9.17, 15) is 9.59 Å². The highest BCUT2D eigenvalue weighted by molar-refractivity contribution is 6.35. The van der Waals surface area contributed by atoms with Crippen LogP contribution in [0.2, 0.25) is 10.0 Å². The second-order valence-corrected chi connectivity index (χ2v) is 6.33. The maximum atomic E-state index is 12.7. The van der Waals surface area contributed by atoms with E-state index in [1.165, 1.54) is 0 Å². The summed E-state index contributed by atoms with van der Waals surface area (Å²) >= 11 is 11.9. The van der Waals surface area contributed by atoms with Crippen LogP contribution < -0.4 is 10.6 Å². The van der Waals surface area contributed by atoms with Crippen LogP contribution in [-0.2, 0) is 4.79 Å². The predicted molar refractivity (Wildman–Crippen MR) is 92.1 cm³/mol. The van der Waals surface area contributed by atoms with Gasteiger partial charge in [0, 0.05) is 35.2 Å². The highest BCUT2D eigenvalue weighted by atomic mass is 35.5. The minimum atomic E-state index is -0.429. The van der Waals surface area contributed by atoms with Gasteiger partial charge in [-0.15, -0.1) is 0 Å². The van der Waals surface area contributed by atoms with Gasteiger partial charge in [-0.25, -0.2) is 0 Å². The van der Waals surface area contributed by atoms with Crippen molar-refractivity contribution in [1.82, 2.24) is 15.5 Å². The summed E-state index contributed by atoms with van der Waals surface area (Å²) in [5.74, 6) is -0.319. The van der Waals surface area contributed by atoms with E-state index >= 15 is 0 Å². The Morgan fingerprint density at radius 1 is 1.22 bits per heavy atom. The lowest BCUT2D eigenvalue weighted by Gasteiger charge is -2.24. The molecule has 23 heavy (non-hydrogen) atoms. The molecule has 0 spiro atoms. The molecule has 0 saturated carbocycles. The fourth-order valence-corrected chi connectivity index (χ4v) is 3.22. The van der Waals surface area contributed by atoms with Crippen LogP contribution in [0.25, 0.3) is 0 Å². The largest absolute Gasteiger partial charge is 0.353 e. The first-order valence-corrected chi connectivity index (χ1v) is 8.54. The van der Waals surface area contributed by atoms with Gasteiger partial charge >= 0.3 is 0 Å². The number of nitrogens with one attached hydrogen (secondary N) is 2. The molecule has 0 aromatic heterocycles. The van der Waals surface area contributed by atoms with Crippen LogP contribution in [-0.4, -0.2) is 48.9 Å². The Hall–Kier alpha value is -1.30. The summed E-state index contributed by atoms with van der Waals surface area (Å²) < 4.78 is 0. The molecule has 1 aromatic rings. The van der Waals surface area contributed by atoms with Crippen molar-refractivity contribution in [1.29, 1.82) is 0 Å². The number of likely N-dealkylation sites (tertiary alicyclic amines) is 1. The van der Waals surface area contributed by atoms with E-state index in [0.717, 1.165) is 13.0 Å². The molecular formula is C16H21Cl2N3O2. The molecule has 1 aromatic carbocycles. The van der Waals surface area contributed by atoms with Crippen LogP contribution in [0.1, 0.15) is 30.1 Å². The first-order valence-electron chi connectivity index (χ1n) is 7.78. The zero-order chi connectivity index (χ0) is 16.8. The molecule has 1 atom stereocenters. The number of amides is 2. The number of likely N-dealkylation sites (N-methyl/N-ethyl adjacent to an activating group) is 1. The lowest BCUT2D eigenvalue weighted by atomic mass is 10.1. The third-order valence-corrected chi connectivity index (χ3v) is 4.21. The Morgan fingerprint density at radius 2 is 1.91 bits per heavy atom. The van der Waals surface area contributed by atoms with E-state index in [1.54, 1.807) is 23.1 Å². The van der Waals surface area contributed by atoms with Crippen molar-refractivity contribution in [2.75, 3.05) is 26.2 Å². The number of carbonyl (C=O) groups is 2. The molecule has 1 aliphatic rings. The second kappa shape index (κ2) is 8.52. The van der Waals surface area contributed by atoms with Gasteiger partial charge in [0.15, 0.2) is 0 Å². The quantitative estimate of drug-likeness (QED) is 0.768. The van der Waals surface area contributed by atoms with E-state index < -0.39 is 6.04 Å². The third kappa shape index (κ3) is 4.83. The summed E-state index contributed by atoms with van der Waals surface area (Å²) in [6.45, 7) is 4.70. The molecule has 5 nitrogen and oxygen atoms in total. The maximum Gasteiger partial charge on any atom is 0.254 e. The molecular weight excluding hydrogens is 337 g/mol. The number of hydrogen-bond donors (Lipinski definition) is 2. The first kappa shape index (κ1) is 18.0. The number of carbonyl (C=O) groups excluding carboxylic acids is 2. The topological polar surface area (TPSA) is 61.4 Å². The smallest absolute Gasteiger partial charge is 0.254 e. The molecule has 1 fully saturated rings. The van der Waals surface area contributed by atoms with E-state index in [1.807, 2.05) is 6.92 Å². The highest BCUT2D eigenvalue weighted by Gasteiger charge is 2.34. The van der Waals surface area contributed by atoms with Crippen LogP contribution in [0.3, 0.4) is 0 Å². The number of nitrogens with zero attached hydrogens (tertiary/aromatic N) is 1. The van der Waals surface area contributed by atoms with Crippen LogP contribution >= 0.6 is 23.2 Å². The summed E-state index contributed by atoms with van der Waals surface area (Å²) in [5, 5.41) is 6.83. The minimum absolute atomic E-state index is 0.109. The van der Waals surface area contributed by atoms with Crippen LogP contribution in [0.15, 0.2) is 18.2 Å². The van der Waals surface area contributed by atoms with Crippen molar-refractivity contribution in [3.8, 4) is 0 Å². The Bertz CT molecular complexity index is 560. The fraction of sp³-hybridized carbons (Fsp3) is 0.500. The summed E-state index contributed by atoms with van der Waals surface area (Å²) in [4.78, 5) is 26.6. The average Bonchev–Trinajstić information content (AvgIpc) is 2.99. The van der Waals surface area contributed by atoms with Gasteiger partial charge < -0.3 is 15.5 Å². The SMILES string of the molecule is CCNCCNC(=O)C1CCCN1C(=O)c1cc(Cl)cc(Cl)c1. The first-order chi connectivity index (χ1) is 11.0. The van der Waals surface area contributed by atoms with Gasteiger partial charge in [-0.1, -0.05) is 30.1 Å². The number of benzene rings is 1. The minimum Gasteiger partial charge on any atom is -0.353 e. The van der Waals surface area contributed by atoms with Crippen molar-refractivity contribution >= 4 is 35.0 Å². The molecule has 1 saturated heterocycles. The van der Waals surface area contributed by atoms with Crippen molar-refractivity contribution in [2.24, 2.45) is 0 Å². The Kier molecular flexibility index (Phi) is 6.69. The standard InChI is InChI=1S/C16H21Cl2N3O2/c1-2-19-5-6-20-15(22)14-4-3-7-21(14)16(23)11-8-12(17)10-13(18)9-11/h8-10,14,19H,2-7H2,1H3,(H,20,22). The molecule has 2 amide bonds. The lowest BCUT2D eigenvalue weighted by Crippen LogP contribution is -2.47. The summed E-state index contributed by atoms with van der Waals surface area (Å²) in [7, 11) is 0. The zero-order valence-corrected chi connectivity index (χ0v) is 14.6. The average molecular weight is 358 g/mol. The van der Waals surface area contributed by atoms with Gasteiger partial charge in [0.25, 0.3) is 5.91 Å². The summed E-state index contributed by atoms with van der Waals surface area (Å²) in [6, 6.07) is 4.30. The van der Waals surface area contributed by atoms with Gasteiger partial charge in [0.05, 0.1) is 0 Å². The molecule has 0 aliphatic carbocycles. The second-order valence-electron chi connectivity index (χ2n) is 5.46. The molecule has 1 heterocycles. The monoisotopic (exact) mass is 357 g/mol.